The van der Waals surface area contributed by atoms with E-state index in [1.54, 1.807) is 13.8 Å². The standard InChI is InChI=1S/2C24H34O10/c2*1-10(17(26)30-7)12-8-9-22-15-13(31-11(2)25)14(21(3,4)5)23(22)16(29-6)18(27)33-20(23)34-24(12,22)19(28)32-15/h10,12-16,19-20,28H,8-9H2,1-7H3;10,12-16,18,20,27H,8-9H2,1-7H3/t10?,12-,13-,14+,15?,16+,19+,20?,22?,23?,24?;10?,12-,13-,14+,15?,16+,18-,20?,22?,23?,24?/m11/s1. The predicted molar refractivity (Wildman–Crippen MR) is 225 cm³/mol. The number of methoxy groups -OCH3 is 4. The lowest BCUT2D eigenvalue weighted by Crippen LogP contribution is -2.60. The van der Waals surface area contributed by atoms with Crippen LogP contribution in [0.2, 0.25) is 0 Å². The smallest absolute Gasteiger partial charge is 0.340 e. The Bertz CT molecular complexity index is 2150. The first kappa shape index (κ1) is 49.5. The Kier molecular flexibility index (Phi) is 11.3. The average Bonchev–Trinajstić information content (AvgIpc) is 4.12. The quantitative estimate of drug-likeness (QED) is 0.262. The molecule has 68 heavy (non-hydrogen) atoms. The predicted octanol–water partition coefficient (Wildman–Crippen LogP) is 2.34. The van der Waals surface area contributed by atoms with Crippen LogP contribution in [0.1, 0.15) is 94.9 Å². The summed E-state index contributed by atoms with van der Waals surface area (Å²) in [6.07, 6.45) is -7.93. The minimum atomic E-state index is -1.52. The molecule has 4 spiro atoms. The normalized spacial score (nSPS) is 49.3. The summed E-state index contributed by atoms with van der Waals surface area (Å²) in [6, 6.07) is 0. The lowest BCUT2D eigenvalue weighted by molar-refractivity contribution is -0.253. The SMILES string of the molecule is COC(=O)C(C)[C@H]1CCC23C4OC(=O)C12OC1O[C@@H](O)[C@H](OC)C13[C@H](C(C)(C)C)[C@H]4OC(C)=O.COC(=O)C(C)[C@H]1CCC23C4O[C@H](O)C12OC1OC(=O)[C@H](OC)C13[C@H](C(C)(C)C)[C@H]4OC(C)=O. The highest BCUT2D eigenvalue weighted by Gasteiger charge is 2.99. The minimum absolute atomic E-state index is 0.427. The van der Waals surface area contributed by atoms with Gasteiger partial charge in [0.25, 0.3) is 0 Å². The van der Waals surface area contributed by atoms with Gasteiger partial charge < -0.3 is 67.1 Å². The summed E-state index contributed by atoms with van der Waals surface area (Å²) in [4.78, 5) is 76.7. The molecule has 10 fully saturated rings. The van der Waals surface area contributed by atoms with Crippen molar-refractivity contribution in [3.8, 4) is 0 Å². The van der Waals surface area contributed by atoms with E-state index in [1.807, 2.05) is 41.5 Å². The summed E-state index contributed by atoms with van der Waals surface area (Å²) in [6.45, 7) is 18.2. The molecule has 2 N–H and O–H groups in total. The van der Waals surface area contributed by atoms with E-state index in [4.69, 9.17) is 56.8 Å². The zero-order valence-electron chi connectivity index (χ0n) is 41.3. The first-order chi connectivity index (χ1) is 31.7. The van der Waals surface area contributed by atoms with E-state index in [0.717, 1.165) is 0 Å². The van der Waals surface area contributed by atoms with Crippen LogP contribution in [0, 0.1) is 68.0 Å². The van der Waals surface area contributed by atoms with Gasteiger partial charge in [0, 0.05) is 51.7 Å². The number of aliphatic hydroxyl groups is 2. The van der Waals surface area contributed by atoms with E-state index >= 15 is 0 Å². The third-order valence-corrected chi connectivity index (χ3v) is 18.7. The van der Waals surface area contributed by atoms with Crippen molar-refractivity contribution in [1.29, 1.82) is 0 Å². The van der Waals surface area contributed by atoms with E-state index in [9.17, 15) is 39.0 Å². The molecule has 0 aromatic rings. The van der Waals surface area contributed by atoms with Crippen molar-refractivity contribution < 1.29 is 95.8 Å². The summed E-state index contributed by atoms with van der Waals surface area (Å²) in [5.74, 6) is -6.21. The lowest BCUT2D eigenvalue weighted by Gasteiger charge is -2.48. The fourth-order valence-electron chi connectivity index (χ4n) is 17.6. The van der Waals surface area contributed by atoms with Gasteiger partial charge in [0.05, 0.1) is 47.7 Å². The molecule has 12 unspecified atom stereocenters. The molecule has 20 nitrogen and oxygen atoms in total. The van der Waals surface area contributed by atoms with E-state index in [0.29, 0.717) is 25.7 Å². The van der Waals surface area contributed by atoms with Crippen molar-refractivity contribution in [3.63, 3.8) is 0 Å². The number of carbonyl (C=O) groups is 6. The van der Waals surface area contributed by atoms with Gasteiger partial charge in [-0.2, -0.15) is 0 Å². The largest absolute Gasteiger partial charge is 0.469 e. The molecule has 0 radical (unpaired) electrons. The fourth-order valence-corrected chi connectivity index (χ4v) is 17.6. The van der Waals surface area contributed by atoms with Gasteiger partial charge in [-0.3, -0.25) is 19.2 Å². The van der Waals surface area contributed by atoms with E-state index in [-0.39, 0.29) is 0 Å². The topological polar surface area (TPSA) is 254 Å². The van der Waals surface area contributed by atoms with E-state index in [1.165, 1.54) is 42.3 Å². The molecule has 6 aliphatic heterocycles. The Morgan fingerprint density at radius 3 is 1.74 bits per heavy atom. The average molecular weight is 965 g/mol. The van der Waals surface area contributed by atoms with Gasteiger partial charge in [-0.25, -0.2) is 9.59 Å². The molecule has 0 bridgehead atoms. The molecule has 20 heteroatoms. The van der Waals surface area contributed by atoms with E-state index in [2.05, 4.69) is 0 Å². The van der Waals surface area contributed by atoms with Gasteiger partial charge in [0.1, 0.15) is 36.1 Å². The Hall–Kier alpha value is -3.50. The van der Waals surface area contributed by atoms with Gasteiger partial charge in [0.2, 0.25) is 6.29 Å². The van der Waals surface area contributed by atoms with Crippen LogP contribution in [-0.2, 0) is 85.6 Å². The van der Waals surface area contributed by atoms with Gasteiger partial charge in [0.15, 0.2) is 30.6 Å². The number of hydrogen-bond acceptors (Lipinski definition) is 20. The van der Waals surface area contributed by atoms with Gasteiger partial charge >= 0.3 is 35.8 Å². The lowest BCUT2D eigenvalue weighted by atomic mass is 9.51. The van der Waals surface area contributed by atoms with Crippen molar-refractivity contribution in [1.82, 2.24) is 0 Å². The summed E-state index contributed by atoms with van der Waals surface area (Å²) >= 11 is 0. The highest BCUT2D eigenvalue weighted by Crippen LogP contribution is 2.86. The molecule has 10 rings (SSSR count). The summed E-state index contributed by atoms with van der Waals surface area (Å²) in [5.41, 5.74) is -8.09. The molecule has 4 saturated carbocycles. The van der Waals surface area contributed by atoms with Crippen LogP contribution < -0.4 is 0 Å². The van der Waals surface area contributed by atoms with Gasteiger partial charge in [-0.1, -0.05) is 55.4 Å². The molecule has 6 saturated heterocycles. The van der Waals surface area contributed by atoms with Gasteiger partial charge in [-0.05, 0) is 36.5 Å². The van der Waals surface area contributed by atoms with Crippen LogP contribution >= 0.6 is 0 Å². The molecule has 0 amide bonds. The van der Waals surface area contributed by atoms with Crippen LogP contribution in [-0.4, -0.2) is 147 Å². The van der Waals surface area contributed by atoms with Crippen molar-refractivity contribution >= 4 is 35.8 Å². The fraction of sp³-hybridized carbons (Fsp3) is 0.875. The molecule has 10 aliphatic rings. The van der Waals surface area contributed by atoms with Crippen LogP contribution in [0.5, 0.6) is 0 Å². The van der Waals surface area contributed by atoms with E-state index < -0.39 is 177 Å². The molecule has 6 heterocycles. The highest BCUT2D eigenvalue weighted by atomic mass is 16.8. The number of aliphatic hydroxyl groups excluding tert-OH is 2. The molecular weight excluding hydrogens is 897 g/mol. The molecule has 380 valence electrons. The van der Waals surface area contributed by atoms with Crippen LogP contribution in [0.15, 0.2) is 0 Å². The Labute approximate surface area is 395 Å². The van der Waals surface area contributed by atoms with Crippen LogP contribution in [0.4, 0.5) is 0 Å². The van der Waals surface area contributed by atoms with Gasteiger partial charge in [-0.15, -0.1) is 0 Å². The molecule has 0 aromatic carbocycles. The molecule has 4 aliphatic carbocycles. The second-order valence-electron chi connectivity index (χ2n) is 23.0. The first-order valence-electron chi connectivity index (χ1n) is 23.7. The number of carbonyl (C=O) groups excluding carboxylic acids is 6. The Balaban J connectivity index is 0.000000170. The monoisotopic (exact) mass is 964 g/mol. The van der Waals surface area contributed by atoms with Crippen molar-refractivity contribution in [2.75, 3.05) is 28.4 Å². The maximum atomic E-state index is 13.8. The molecular formula is C48H68O20. The molecule has 22 atom stereocenters. The zero-order chi connectivity index (χ0) is 50.0. The van der Waals surface area contributed by atoms with Crippen LogP contribution in [0.3, 0.4) is 0 Å². The minimum Gasteiger partial charge on any atom is -0.469 e. The Morgan fingerprint density at radius 2 is 1.21 bits per heavy atom. The summed E-state index contributed by atoms with van der Waals surface area (Å²) < 4.78 is 70.8. The summed E-state index contributed by atoms with van der Waals surface area (Å²) in [5, 5.41) is 22.4. The third kappa shape index (κ3) is 5.33. The highest BCUT2D eigenvalue weighted by molar-refractivity contribution is 5.88. The second-order valence-corrected chi connectivity index (χ2v) is 23.0. The van der Waals surface area contributed by atoms with Crippen LogP contribution in [0.25, 0.3) is 0 Å². The van der Waals surface area contributed by atoms with Crippen molar-refractivity contribution in [2.45, 2.75) is 168 Å². The number of hydrogen-bond donors (Lipinski definition) is 2. The van der Waals surface area contributed by atoms with Crippen molar-refractivity contribution in [2.24, 2.45) is 68.0 Å². The zero-order valence-corrected chi connectivity index (χ0v) is 41.3. The number of rotatable bonds is 8. The third-order valence-electron chi connectivity index (χ3n) is 18.7. The maximum Gasteiger partial charge on any atom is 0.340 e. The first-order valence-corrected chi connectivity index (χ1v) is 23.7. The number of esters is 6. The summed E-state index contributed by atoms with van der Waals surface area (Å²) in [7, 11) is 5.57. The second kappa shape index (κ2) is 15.5. The maximum absolute atomic E-state index is 13.8. The van der Waals surface area contributed by atoms with Crippen molar-refractivity contribution in [3.05, 3.63) is 0 Å². The Morgan fingerprint density at radius 1 is 0.676 bits per heavy atom. The number of ether oxygens (including phenoxy) is 12. The molecule has 0 aromatic heterocycles.